The molecule has 2 heteroatoms. The summed E-state index contributed by atoms with van der Waals surface area (Å²) in [5, 5.41) is 0. The van der Waals surface area contributed by atoms with Crippen molar-refractivity contribution in [1.29, 1.82) is 0 Å². The molecule has 1 aliphatic carbocycles. The fraction of sp³-hybridized carbons (Fsp3) is 0.600. The Morgan fingerprint density at radius 1 is 1.41 bits per heavy atom. The molecule has 1 aliphatic rings. The van der Waals surface area contributed by atoms with Crippen molar-refractivity contribution in [1.82, 2.24) is 0 Å². The molecule has 1 unspecified atom stereocenters. The van der Waals surface area contributed by atoms with Gasteiger partial charge >= 0.3 is 0 Å². The Labute approximate surface area is 105 Å². The summed E-state index contributed by atoms with van der Waals surface area (Å²) in [7, 11) is 1.84. The number of hydrogen-bond donors (Lipinski definition) is 0. The molecule has 0 amide bonds. The van der Waals surface area contributed by atoms with Gasteiger partial charge in [-0.2, -0.15) is 0 Å². The Balaban J connectivity index is 2.69. The zero-order valence-corrected chi connectivity index (χ0v) is 11.3. The molecule has 0 N–H and O–H groups in total. The van der Waals surface area contributed by atoms with Crippen LogP contribution in [0.4, 0.5) is 0 Å². The second-order valence-corrected chi connectivity index (χ2v) is 4.35. The number of amidine groups is 1. The summed E-state index contributed by atoms with van der Waals surface area (Å²) in [6.07, 6.45) is 14.4. The summed E-state index contributed by atoms with van der Waals surface area (Å²) in [4.78, 5) is 8.88. The van der Waals surface area contributed by atoms with E-state index in [0.29, 0.717) is 5.92 Å². The molecule has 0 aromatic heterocycles. The van der Waals surface area contributed by atoms with Gasteiger partial charge in [-0.1, -0.05) is 32.1 Å². The maximum atomic E-state index is 4.56. The normalized spacial score (nSPS) is 22.4. The van der Waals surface area contributed by atoms with Gasteiger partial charge in [-0.3, -0.25) is 4.99 Å². The molecule has 0 fully saturated rings. The van der Waals surface area contributed by atoms with E-state index in [2.05, 4.69) is 42.1 Å². The van der Waals surface area contributed by atoms with Crippen molar-refractivity contribution in [3.05, 3.63) is 23.8 Å². The molecule has 0 spiro atoms. The molecule has 1 atom stereocenters. The molecule has 94 valence electrons. The van der Waals surface area contributed by atoms with Gasteiger partial charge in [-0.25, -0.2) is 4.99 Å². The molecule has 0 radical (unpaired) electrons. The third-order valence-electron chi connectivity index (χ3n) is 3.05. The van der Waals surface area contributed by atoms with Crippen molar-refractivity contribution in [2.24, 2.45) is 15.9 Å². The molecule has 1 rings (SSSR count). The van der Waals surface area contributed by atoms with Crippen LogP contribution in [0.5, 0.6) is 0 Å². The SMILES string of the molecule is CC/C=C(/C=N/C(=N\C)C1C=CCCC1)CC. The molecule has 17 heavy (non-hydrogen) atoms. The van der Waals surface area contributed by atoms with Crippen LogP contribution in [0.1, 0.15) is 46.0 Å². The Bertz CT molecular complexity index is 335. The topological polar surface area (TPSA) is 24.7 Å². The minimum absolute atomic E-state index is 0.421. The molecule has 0 aliphatic heterocycles. The molecule has 0 saturated heterocycles. The van der Waals surface area contributed by atoms with Crippen LogP contribution in [-0.4, -0.2) is 19.1 Å². The largest absolute Gasteiger partial charge is 0.273 e. The average Bonchev–Trinajstić information content (AvgIpc) is 2.39. The van der Waals surface area contributed by atoms with Gasteiger partial charge in [-0.15, -0.1) is 0 Å². The first-order chi connectivity index (χ1) is 8.31. The lowest BCUT2D eigenvalue weighted by Crippen LogP contribution is -2.12. The molecular formula is C15H24N2. The van der Waals surface area contributed by atoms with Crippen molar-refractivity contribution < 1.29 is 0 Å². The van der Waals surface area contributed by atoms with E-state index in [1.54, 1.807) is 0 Å². The first-order valence-corrected chi connectivity index (χ1v) is 6.68. The Kier molecular flexibility index (Phi) is 6.53. The van der Waals surface area contributed by atoms with E-state index in [4.69, 9.17) is 0 Å². The number of hydrogen-bond acceptors (Lipinski definition) is 1. The van der Waals surface area contributed by atoms with Crippen molar-refractivity contribution in [2.75, 3.05) is 7.05 Å². The zero-order chi connectivity index (χ0) is 12.5. The smallest absolute Gasteiger partial charge is 0.129 e. The summed E-state index contributed by atoms with van der Waals surface area (Å²) >= 11 is 0. The highest BCUT2D eigenvalue weighted by atomic mass is 14.9. The average molecular weight is 232 g/mol. The van der Waals surface area contributed by atoms with Gasteiger partial charge in [0, 0.05) is 19.2 Å². The first kappa shape index (κ1) is 13.9. The maximum Gasteiger partial charge on any atom is 0.129 e. The van der Waals surface area contributed by atoms with Gasteiger partial charge < -0.3 is 0 Å². The Morgan fingerprint density at radius 3 is 2.76 bits per heavy atom. The fourth-order valence-electron chi connectivity index (χ4n) is 2.05. The number of rotatable bonds is 4. The molecule has 0 aromatic carbocycles. The van der Waals surface area contributed by atoms with E-state index < -0.39 is 0 Å². The van der Waals surface area contributed by atoms with E-state index in [1.165, 1.54) is 24.8 Å². The summed E-state index contributed by atoms with van der Waals surface area (Å²) in [6, 6.07) is 0. The third-order valence-corrected chi connectivity index (χ3v) is 3.05. The highest BCUT2D eigenvalue weighted by Crippen LogP contribution is 2.19. The first-order valence-electron chi connectivity index (χ1n) is 6.68. The molecule has 0 saturated carbocycles. The highest BCUT2D eigenvalue weighted by Gasteiger charge is 2.13. The van der Waals surface area contributed by atoms with Gasteiger partial charge in [0.1, 0.15) is 5.84 Å². The number of allylic oxidation sites excluding steroid dienone is 3. The van der Waals surface area contributed by atoms with Crippen molar-refractivity contribution in [2.45, 2.75) is 46.0 Å². The standard InChI is InChI=1S/C15H24N2/c1-4-9-13(5-2)12-17-15(16-3)14-10-7-6-8-11-14/h7,9-10,12,14H,4-6,8,11H2,1-3H3/b13-9+,16-15-,17-12+. The lowest BCUT2D eigenvalue weighted by Gasteiger charge is -2.15. The summed E-state index contributed by atoms with van der Waals surface area (Å²) in [5.41, 5.74) is 1.30. The van der Waals surface area contributed by atoms with Crippen molar-refractivity contribution in [3.63, 3.8) is 0 Å². The predicted molar refractivity (Wildman–Crippen MR) is 77.0 cm³/mol. The van der Waals surface area contributed by atoms with E-state index in [0.717, 1.165) is 18.7 Å². The van der Waals surface area contributed by atoms with Gasteiger partial charge in [0.2, 0.25) is 0 Å². The van der Waals surface area contributed by atoms with Crippen LogP contribution in [0.3, 0.4) is 0 Å². The quantitative estimate of drug-likeness (QED) is 0.394. The molecule has 0 heterocycles. The Hall–Kier alpha value is -1.18. The molecule has 2 nitrogen and oxygen atoms in total. The van der Waals surface area contributed by atoms with Crippen LogP contribution in [0.2, 0.25) is 0 Å². The van der Waals surface area contributed by atoms with Crippen LogP contribution in [0, 0.1) is 5.92 Å². The van der Waals surface area contributed by atoms with Gasteiger partial charge in [0.15, 0.2) is 0 Å². The summed E-state index contributed by atoms with van der Waals surface area (Å²) in [6.45, 7) is 4.32. The van der Waals surface area contributed by atoms with Gasteiger partial charge in [0.05, 0.1) is 0 Å². The second-order valence-electron chi connectivity index (χ2n) is 4.35. The second kappa shape index (κ2) is 7.99. The summed E-state index contributed by atoms with van der Waals surface area (Å²) in [5.74, 6) is 1.39. The summed E-state index contributed by atoms with van der Waals surface area (Å²) < 4.78 is 0. The third kappa shape index (κ3) is 4.68. The van der Waals surface area contributed by atoms with E-state index in [9.17, 15) is 0 Å². The molecular weight excluding hydrogens is 208 g/mol. The molecule has 0 bridgehead atoms. The zero-order valence-electron chi connectivity index (χ0n) is 11.3. The number of aliphatic imine (C=N–C) groups is 2. The number of nitrogens with zero attached hydrogens (tertiary/aromatic N) is 2. The van der Waals surface area contributed by atoms with Crippen LogP contribution in [-0.2, 0) is 0 Å². The van der Waals surface area contributed by atoms with E-state index >= 15 is 0 Å². The van der Waals surface area contributed by atoms with E-state index in [1.807, 2.05) is 13.3 Å². The van der Waals surface area contributed by atoms with Crippen LogP contribution in [0.25, 0.3) is 0 Å². The van der Waals surface area contributed by atoms with E-state index in [-0.39, 0.29) is 0 Å². The van der Waals surface area contributed by atoms with Crippen LogP contribution in [0.15, 0.2) is 33.8 Å². The lowest BCUT2D eigenvalue weighted by molar-refractivity contribution is 0.651. The highest BCUT2D eigenvalue weighted by molar-refractivity contribution is 5.96. The molecule has 0 aromatic rings. The minimum Gasteiger partial charge on any atom is -0.273 e. The monoisotopic (exact) mass is 232 g/mol. The predicted octanol–water partition coefficient (Wildman–Crippen LogP) is 4.19. The van der Waals surface area contributed by atoms with Crippen LogP contribution < -0.4 is 0 Å². The lowest BCUT2D eigenvalue weighted by atomic mass is 9.95. The Morgan fingerprint density at radius 2 is 2.24 bits per heavy atom. The van der Waals surface area contributed by atoms with Crippen molar-refractivity contribution >= 4 is 12.1 Å². The van der Waals surface area contributed by atoms with Crippen molar-refractivity contribution in [3.8, 4) is 0 Å². The fourth-order valence-corrected chi connectivity index (χ4v) is 2.05. The minimum atomic E-state index is 0.421. The van der Waals surface area contributed by atoms with Crippen LogP contribution >= 0.6 is 0 Å². The maximum absolute atomic E-state index is 4.56. The van der Waals surface area contributed by atoms with Gasteiger partial charge in [0.25, 0.3) is 0 Å². The van der Waals surface area contributed by atoms with Gasteiger partial charge in [-0.05, 0) is 37.7 Å².